The molecule has 5 nitrogen and oxygen atoms in total. The standard InChI is InChI=1S/C16H21N3O2S.2ClH/c1-10-13(18-15(21-10)11-5-6-22-8-11)7-14(20)19-16(2,9-17)12-3-4-12;;/h5-6,8,12H,3-4,7,9,17H2,1-2H3,(H,19,20);2*1H. The maximum absolute atomic E-state index is 12.3. The van der Waals surface area contributed by atoms with Crippen molar-refractivity contribution >= 4 is 42.1 Å². The number of hydrogen-bond donors (Lipinski definition) is 2. The summed E-state index contributed by atoms with van der Waals surface area (Å²) in [6.07, 6.45) is 2.50. The van der Waals surface area contributed by atoms with E-state index in [0.717, 1.165) is 18.4 Å². The highest BCUT2D eigenvalue weighted by atomic mass is 35.5. The molecule has 0 aliphatic heterocycles. The summed E-state index contributed by atoms with van der Waals surface area (Å²) in [7, 11) is 0. The van der Waals surface area contributed by atoms with E-state index < -0.39 is 0 Å². The van der Waals surface area contributed by atoms with Crippen LogP contribution in [0.3, 0.4) is 0 Å². The lowest BCUT2D eigenvalue weighted by Gasteiger charge is -2.29. The molecule has 0 bridgehead atoms. The average molecular weight is 392 g/mol. The second kappa shape index (κ2) is 8.34. The third-order valence-corrected chi connectivity index (χ3v) is 5.00. The molecule has 1 saturated carbocycles. The van der Waals surface area contributed by atoms with Crippen molar-refractivity contribution in [3.63, 3.8) is 0 Å². The van der Waals surface area contributed by atoms with Gasteiger partial charge in [0.1, 0.15) is 5.76 Å². The maximum Gasteiger partial charge on any atom is 0.227 e. The Hall–Kier alpha value is -1.08. The van der Waals surface area contributed by atoms with Crippen LogP contribution < -0.4 is 11.1 Å². The quantitative estimate of drug-likeness (QED) is 0.790. The Bertz CT molecular complexity index is 671. The number of halogens is 2. The smallest absolute Gasteiger partial charge is 0.227 e. The minimum absolute atomic E-state index is 0. The molecule has 1 amide bonds. The van der Waals surface area contributed by atoms with Gasteiger partial charge in [0.25, 0.3) is 0 Å². The Morgan fingerprint density at radius 3 is 2.75 bits per heavy atom. The Morgan fingerprint density at radius 1 is 1.50 bits per heavy atom. The molecule has 0 saturated heterocycles. The summed E-state index contributed by atoms with van der Waals surface area (Å²) in [6.45, 7) is 4.32. The van der Waals surface area contributed by atoms with Crippen LogP contribution in [0.15, 0.2) is 21.2 Å². The molecule has 0 spiro atoms. The zero-order valence-corrected chi connectivity index (χ0v) is 16.2. The minimum Gasteiger partial charge on any atom is -0.441 e. The second-order valence-electron chi connectivity index (χ2n) is 6.15. The number of nitrogens with one attached hydrogen (secondary N) is 1. The number of rotatable bonds is 6. The van der Waals surface area contributed by atoms with Crippen LogP contribution in [-0.2, 0) is 11.2 Å². The number of oxazole rings is 1. The van der Waals surface area contributed by atoms with Gasteiger partial charge in [-0.15, -0.1) is 24.8 Å². The third-order valence-electron chi connectivity index (χ3n) is 4.32. The van der Waals surface area contributed by atoms with Gasteiger partial charge in [-0.05, 0) is 44.1 Å². The number of carbonyl (C=O) groups is 1. The highest BCUT2D eigenvalue weighted by molar-refractivity contribution is 7.08. The van der Waals surface area contributed by atoms with Gasteiger partial charge in [-0.1, -0.05) is 0 Å². The average Bonchev–Trinajstić information content (AvgIpc) is 3.10. The summed E-state index contributed by atoms with van der Waals surface area (Å²) in [5.41, 5.74) is 7.18. The van der Waals surface area contributed by atoms with Gasteiger partial charge < -0.3 is 15.5 Å². The van der Waals surface area contributed by atoms with Gasteiger partial charge >= 0.3 is 0 Å². The highest BCUT2D eigenvalue weighted by Gasteiger charge is 2.41. The number of hydrogen-bond acceptors (Lipinski definition) is 5. The summed E-state index contributed by atoms with van der Waals surface area (Å²) in [5.74, 6) is 1.72. The molecule has 8 heteroatoms. The molecular weight excluding hydrogens is 369 g/mol. The van der Waals surface area contributed by atoms with E-state index in [-0.39, 0.29) is 42.7 Å². The first kappa shape index (κ1) is 21.0. The van der Waals surface area contributed by atoms with E-state index in [2.05, 4.69) is 10.3 Å². The van der Waals surface area contributed by atoms with Crippen LogP contribution in [0.4, 0.5) is 0 Å². The zero-order chi connectivity index (χ0) is 15.7. The van der Waals surface area contributed by atoms with Gasteiger partial charge in [-0.2, -0.15) is 11.3 Å². The Kier molecular flexibility index (Phi) is 7.28. The number of amides is 1. The highest BCUT2D eigenvalue weighted by Crippen LogP contribution is 2.39. The summed E-state index contributed by atoms with van der Waals surface area (Å²) in [5, 5.41) is 7.04. The fraction of sp³-hybridized carbons (Fsp3) is 0.500. The molecule has 2 aromatic rings. The number of carbonyl (C=O) groups excluding carboxylic acids is 1. The van der Waals surface area contributed by atoms with Gasteiger partial charge in [0.15, 0.2) is 0 Å². The first-order valence-electron chi connectivity index (χ1n) is 7.52. The predicted octanol–water partition coefficient (Wildman–Crippen LogP) is 3.34. The van der Waals surface area contributed by atoms with Crippen molar-refractivity contribution in [1.82, 2.24) is 10.3 Å². The topological polar surface area (TPSA) is 81.2 Å². The molecule has 1 aliphatic carbocycles. The van der Waals surface area contributed by atoms with Crippen LogP contribution in [0.1, 0.15) is 31.2 Å². The van der Waals surface area contributed by atoms with Crippen LogP contribution in [0.2, 0.25) is 0 Å². The van der Waals surface area contributed by atoms with E-state index in [1.165, 1.54) is 0 Å². The Labute approximate surface area is 158 Å². The number of aryl methyl sites for hydroxylation is 1. The molecule has 2 heterocycles. The number of thiophene rings is 1. The van der Waals surface area contributed by atoms with Crippen molar-refractivity contribution < 1.29 is 9.21 Å². The molecule has 24 heavy (non-hydrogen) atoms. The number of nitrogens with two attached hydrogens (primary N) is 1. The van der Waals surface area contributed by atoms with Crippen LogP contribution >= 0.6 is 36.2 Å². The van der Waals surface area contributed by atoms with Gasteiger partial charge in [0, 0.05) is 17.5 Å². The summed E-state index contributed by atoms with van der Waals surface area (Å²) < 4.78 is 5.67. The fourth-order valence-electron chi connectivity index (χ4n) is 2.66. The van der Waals surface area contributed by atoms with Crippen molar-refractivity contribution in [2.24, 2.45) is 11.7 Å². The second-order valence-corrected chi connectivity index (χ2v) is 6.93. The molecule has 0 radical (unpaired) electrons. The summed E-state index contributed by atoms with van der Waals surface area (Å²) in [4.78, 5) is 16.8. The van der Waals surface area contributed by atoms with Gasteiger partial charge in [-0.3, -0.25) is 4.79 Å². The molecule has 3 rings (SSSR count). The van der Waals surface area contributed by atoms with Crippen LogP contribution in [-0.4, -0.2) is 23.0 Å². The third kappa shape index (κ3) is 4.51. The Morgan fingerprint density at radius 2 is 2.21 bits per heavy atom. The van der Waals surface area contributed by atoms with Gasteiger partial charge in [0.05, 0.1) is 17.7 Å². The molecule has 1 atom stereocenters. The Balaban J connectivity index is 0.00000144. The molecule has 1 aliphatic rings. The van der Waals surface area contributed by atoms with Crippen molar-refractivity contribution in [2.45, 2.75) is 38.6 Å². The first-order chi connectivity index (χ1) is 10.5. The van der Waals surface area contributed by atoms with Crippen LogP contribution in [0.5, 0.6) is 0 Å². The predicted molar refractivity (Wildman–Crippen MR) is 101 cm³/mol. The maximum atomic E-state index is 12.3. The lowest BCUT2D eigenvalue weighted by molar-refractivity contribution is -0.122. The molecular formula is C16H23Cl2N3O2S. The molecule has 1 fully saturated rings. The largest absolute Gasteiger partial charge is 0.441 e. The zero-order valence-electron chi connectivity index (χ0n) is 13.7. The number of nitrogens with zero attached hydrogens (tertiary/aromatic N) is 1. The number of aromatic nitrogens is 1. The summed E-state index contributed by atoms with van der Waals surface area (Å²) >= 11 is 1.59. The molecule has 134 valence electrons. The van der Waals surface area contributed by atoms with Crippen LogP contribution in [0.25, 0.3) is 11.5 Å². The minimum atomic E-state index is -0.301. The SMILES string of the molecule is Cc1oc(-c2ccsc2)nc1CC(=O)NC(C)(CN)C1CC1.Cl.Cl. The van der Waals surface area contributed by atoms with Crippen molar-refractivity contribution in [1.29, 1.82) is 0 Å². The van der Waals surface area contributed by atoms with Crippen LogP contribution in [0, 0.1) is 12.8 Å². The first-order valence-corrected chi connectivity index (χ1v) is 8.46. The normalized spacial score (nSPS) is 15.8. The lowest BCUT2D eigenvalue weighted by atomic mass is 9.95. The fourth-order valence-corrected chi connectivity index (χ4v) is 3.29. The van der Waals surface area contributed by atoms with Gasteiger partial charge in [-0.25, -0.2) is 4.98 Å². The van der Waals surface area contributed by atoms with Crippen molar-refractivity contribution in [3.8, 4) is 11.5 Å². The van der Waals surface area contributed by atoms with E-state index in [0.29, 0.717) is 29.8 Å². The van der Waals surface area contributed by atoms with E-state index >= 15 is 0 Å². The van der Waals surface area contributed by atoms with E-state index in [1.54, 1.807) is 11.3 Å². The van der Waals surface area contributed by atoms with E-state index in [9.17, 15) is 4.79 Å². The molecule has 1 unspecified atom stereocenters. The monoisotopic (exact) mass is 391 g/mol. The van der Waals surface area contributed by atoms with Crippen molar-refractivity contribution in [2.75, 3.05) is 6.54 Å². The van der Waals surface area contributed by atoms with Gasteiger partial charge in [0.2, 0.25) is 11.8 Å². The molecule has 3 N–H and O–H groups in total. The van der Waals surface area contributed by atoms with E-state index in [1.807, 2.05) is 30.7 Å². The van der Waals surface area contributed by atoms with Crippen molar-refractivity contribution in [3.05, 3.63) is 28.3 Å². The summed E-state index contributed by atoms with van der Waals surface area (Å²) in [6, 6.07) is 1.96. The molecule has 0 aromatic carbocycles. The molecule has 2 aromatic heterocycles. The lowest BCUT2D eigenvalue weighted by Crippen LogP contribution is -2.53. The van der Waals surface area contributed by atoms with E-state index in [4.69, 9.17) is 10.2 Å².